The summed E-state index contributed by atoms with van der Waals surface area (Å²) in [5.74, 6) is 0. The molecule has 1 N–H and O–H groups in total. The fraction of sp³-hybridized carbons (Fsp3) is 0.571. The van der Waals surface area contributed by atoms with Crippen LogP contribution < -0.4 is 0 Å². The van der Waals surface area contributed by atoms with Gasteiger partial charge in [-0.1, -0.05) is 0 Å². The molecule has 1 aliphatic carbocycles. The van der Waals surface area contributed by atoms with Crippen molar-refractivity contribution in [2.45, 2.75) is 18.4 Å². The summed E-state index contributed by atoms with van der Waals surface area (Å²) >= 11 is 0. The van der Waals surface area contributed by atoms with Gasteiger partial charge in [-0.25, -0.2) is 0 Å². The Morgan fingerprint density at radius 3 is 2.80 bits per heavy atom. The van der Waals surface area contributed by atoms with Crippen molar-refractivity contribution in [3.8, 4) is 0 Å². The minimum atomic E-state index is -0.568. The van der Waals surface area contributed by atoms with Crippen LogP contribution in [0, 0.1) is 0 Å². The van der Waals surface area contributed by atoms with Gasteiger partial charge >= 0.3 is 0 Å². The normalized spacial score (nSPS) is 21.0. The summed E-state index contributed by atoms with van der Waals surface area (Å²) in [6.45, 7) is 0. The molecule has 0 unspecified atom stereocenters. The fourth-order valence-electron chi connectivity index (χ4n) is 1.04. The van der Waals surface area contributed by atoms with Crippen molar-refractivity contribution >= 4 is 0 Å². The second-order valence-corrected chi connectivity index (χ2v) is 2.91. The molecule has 0 radical (unpaired) electrons. The zero-order chi connectivity index (χ0) is 7.19. The van der Waals surface area contributed by atoms with Crippen LogP contribution in [-0.2, 0) is 12.6 Å². The second kappa shape index (κ2) is 1.61. The average molecular weight is 138 g/mol. The number of hydrogen-bond donors (Lipinski definition) is 1. The van der Waals surface area contributed by atoms with E-state index >= 15 is 0 Å². The fourth-order valence-corrected chi connectivity index (χ4v) is 1.04. The molecule has 0 atom stereocenters. The van der Waals surface area contributed by atoms with Crippen molar-refractivity contribution in [2.24, 2.45) is 7.05 Å². The number of aliphatic hydroxyl groups is 1. The molecule has 0 spiro atoms. The van der Waals surface area contributed by atoms with Crippen LogP contribution in [0.5, 0.6) is 0 Å². The summed E-state index contributed by atoms with van der Waals surface area (Å²) in [4.78, 5) is 0. The van der Waals surface area contributed by atoms with E-state index in [1.165, 1.54) is 0 Å². The standard InChI is InChI=1S/C7H10N2O/c1-9-5-2-6(8-9)7(10)3-4-7/h2,5,10H,3-4H2,1H3. The largest absolute Gasteiger partial charge is 0.383 e. The maximum atomic E-state index is 9.54. The SMILES string of the molecule is Cn1ccc(C2(O)CC2)n1. The third-order valence-corrected chi connectivity index (χ3v) is 1.91. The molecular formula is C7H10N2O. The highest BCUT2D eigenvalue weighted by molar-refractivity contribution is 5.17. The highest BCUT2D eigenvalue weighted by Crippen LogP contribution is 2.44. The van der Waals surface area contributed by atoms with Gasteiger partial charge in [-0.05, 0) is 18.9 Å². The summed E-state index contributed by atoms with van der Waals surface area (Å²) < 4.78 is 1.71. The first-order chi connectivity index (χ1) is 4.71. The highest BCUT2D eigenvalue weighted by atomic mass is 16.3. The van der Waals surface area contributed by atoms with Gasteiger partial charge < -0.3 is 5.11 Å². The lowest BCUT2D eigenvalue weighted by molar-refractivity contribution is 0.145. The van der Waals surface area contributed by atoms with E-state index in [9.17, 15) is 5.11 Å². The summed E-state index contributed by atoms with van der Waals surface area (Å²) in [6, 6.07) is 1.87. The Hall–Kier alpha value is -0.830. The zero-order valence-corrected chi connectivity index (χ0v) is 5.91. The molecule has 3 nitrogen and oxygen atoms in total. The van der Waals surface area contributed by atoms with E-state index in [1.54, 1.807) is 4.68 Å². The summed E-state index contributed by atoms with van der Waals surface area (Å²) in [6.07, 6.45) is 3.58. The van der Waals surface area contributed by atoms with Gasteiger partial charge in [-0.2, -0.15) is 5.10 Å². The monoisotopic (exact) mass is 138 g/mol. The predicted octanol–water partition coefficient (Wildman–Crippen LogP) is 0.401. The van der Waals surface area contributed by atoms with Crippen molar-refractivity contribution in [2.75, 3.05) is 0 Å². The smallest absolute Gasteiger partial charge is 0.109 e. The molecule has 3 heteroatoms. The molecule has 0 amide bonds. The van der Waals surface area contributed by atoms with Crippen molar-refractivity contribution in [3.63, 3.8) is 0 Å². The van der Waals surface area contributed by atoms with E-state index in [0.717, 1.165) is 18.5 Å². The van der Waals surface area contributed by atoms with E-state index < -0.39 is 5.60 Å². The van der Waals surface area contributed by atoms with Crippen molar-refractivity contribution in [3.05, 3.63) is 18.0 Å². The number of aryl methyl sites for hydroxylation is 1. The van der Waals surface area contributed by atoms with Crippen LogP contribution in [0.2, 0.25) is 0 Å². The van der Waals surface area contributed by atoms with Gasteiger partial charge in [0.05, 0.1) is 5.69 Å². The van der Waals surface area contributed by atoms with Crippen molar-refractivity contribution < 1.29 is 5.11 Å². The molecule has 0 aliphatic heterocycles. The molecule has 1 aromatic rings. The lowest BCUT2D eigenvalue weighted by atomic mass is 10.2. The Morgan fingerprint density at radius 2 is 2.40 bits per heavy atom. The van der Waals surface area contributed by atoms with Crippen molar-refractivity contribution in [1.29, 1.82) is 0 Å². The van der Waals surface area contributed by atoms with Crippen LogP contribution in [0.25, 0.3) is 0 Å². The molecule has 0 saturated heterocycles. The Kier molecular flexibility index (Phi) is 0.951. The van der Waals surface area contributed by atoms with Crippen LogP contribution in [0.3, 0.4) is 0 Å². The molecule has 1 fully saturated rings. The minimum absolute atomic E-state index is 0.568. The molecule has 10 heavy (non-hydrogen) atoms. The number of hydrogen-bond acceptors (Lipinski definition) is 2. The van der Waals surface area contributed by atoms with Gasteiger partial charge in [0.1, 0.15) is 5.60 Å². The van der Waals surface area contributed by atoms with Gasteiger partial charge in [0.2, 0.25) is 0 Å². The maximum absolute atomic E-state index is 9.54. The van der Waals surface area contributed by atoms with E-state index in [2.05, 4.69) is 5.10 Å². The van der Waals surface area contributed by atoms with Crippen LogP contribution in [-0.4, -0.2) is 14.9 Å². The second-order valence-electron chi connectivity index (χ2n) is 2.91. The first-order valence-electron chi connectivity index (χ1n) is 3.43. The van der Waals surface area contributed by atoms with Crippen LogP contribution in [0.4, 0.5) is 0 Å². The molecule has 54 valence electrons. The number of rotatable bonds is 1. The van der Waals surface area contributed by atoms with Crippen LogP contribution in [0.15, 0.2) is 12.3 Å². The van der Waals surface area contributed by atoms with Gasteiger partial charge in [0, 0.05) is 13.2 Å². The lowest BCUT2D eigenvalue weighted by Gasteiger charge is -1.99. The minimum Gasteiger partial charge on any atom is -0.383 e. The third-order valence-electron chi connectivity index (χ3n) is 1.91. The first kappa shape index (κ1) is 5.92. The Morgan fingerprint density at radius 1 is 1.70 bits per heavy atom. The lowest BCUT2D eigenvalue weighted by Crippen LogP contribution is -2.05. The summed E-state index contributed by atoms with van der Waals surface area (Å²) in [5, 5.41) is 13.6. The molecule has 1 saturated carbocycles. The van der Waals surface area contributed by atoms with E-state index in [1.807, 2.05) is 19.3 Å². The van der Waals surface area contributed by atoms with Gasteiger partial charge in [-0.15, -0.1) is 0 Å². The quantitative estimate of drug-likeness (QED) is 0.610. The molecule has 1 aromatic heterocycles. The van der Waals surface area contributed by atoms with Gasteiger partial charge in [0.15, 0.2) is 0 Å². The predicted molar refractivity (Wildman–Crippen MR) is 36.3 cm³/mol. The van der Waals surface area contributed by atoms with Crippen molar-refractivity contribution in [1.82, 2.24) is 9.78 Å². The molecule has 1 aliphatic rings. The first-order valence-corrected chi connectivity index (χ1v) is 3.43. The Balaban J connectivity index is 2.34. The zero-order valence-electron chi connectivity index (χ0n) is 5.91. The third kappa shape index (κ3) is 0.743. The molecule has 1 heterocycles. The summed E-state index contributed by atoms with van der Waals surface area (Å²) in [5.41, 5.74) is 0.247. The molecule has 0 aromatic carbocycles. The maximum Gasteiger partial charge on any atom is 0.109 e. The molecule has 2 rings (SSSR count). The van der Waals surface area contributed by atoms with E-state index in [4.69, 9.17) is 0 Å². The summed E-state index contributed by atoms with van der Waals surface area (Å²) in [7, 11) is 1.86. The van der Waals surface area contributed by atoms with E-state index in [0.29, 0.717) is 0 Å². The Bertz CT molecular complexity index is 250. The van der Waals surface area contributed by atoms with E-state index in [-0.39, 0.29) is 0 Å². The van der Waals surface area contributed by atoms with Gasteiger partial charge in [0.25, 0.3) is 0 Å². The number of aromatic nitrogens is 2. The van der Waals surface area contributed by atoms with Gasteiger partial charge in [-0.3, -0.25) is 4.68 Å². The van der Waals surface area contributed by atoms with Crippen LogP contribution in [0.1, 0.15) is 18.5 Å². The number of nitrogens with zero attached hydrogens (tertiary/aromatic N) is 2. The Labute approximate surface area is 59.3 Å². The highest BCUT2D eigenvalue weighted by Gasteiger charge is 2.44. The molecule has 0 bridgehead atoms. The average Bonchev–Trinajstić information content (AvgIpc) is 2.45. The topological polar surface area (TPSA) is 38.0 Å². The molecular weight excluding hydrogens is 128 g/mol. The van der Waals surface area contributed by atoms with Crippen LogP contribution >= 0.6 is 0 Å².